The van der Waals surface area contributed by atoms with Gasteiger partial charge in [0.2, 0.25) is 5.91 Å². The number of nitrogens with one attached hydrogen (secondary N) is 1. The number of carbonyl (C=O) groups excluding carboxylic acids is 2. The molecule has 10 heteroatoms. The highest BCUT2D eigenvalue weighted by molar-refractivity contribution is 7.99. The van der Waals surface area contributed by atoms with Crippen molar-refractivity contribution < 1.29 is 14.3 Å². The van der Waals surface area contributed by atoms with Gasteiger partial charge in [-0.2, -0.15) is 0 Å². The zero-order chi connectivity index (χ0) is 22.9. The number of aromatic nitrogens is 3. The molecule has 3 aromatic heterocycles. The molecule has 33 heavy (non-hydrogen) atoms. The molecule has 0 saturated carbocycles. The Balaban J connectivity index is 1.33. The van der Waals surface area contributed by atoms with Crippen LogP contribution in [0.4, 0.5) is 5.00 Å². The van der Waals surface area contributed by atoms with Crippen molar-refractivity contribution in [3.63, 3.8) is 0 Å². The second-order valence-electron chi connectivity index (χ2n) is 7.59. The van der Waals surface area contributed by atoms with E-state index in [0.29, 0.717) is 22.3 Å². The topological polar surface area (TPSA) is 86.1 Å². The maximum atomic E-state index is 12.8. The summed E-state index contributed by atoms with van der Waals surface area (Å²) in [7, 11) is 1.37. The number of benzene rings is 1. The number of esters is 1. The molecule has 0 bridgehead atoms. The summed E-state index contributed by atoms with van der Waals surface area (Å²) in [4.78, 5) is 26.2. The molecule has 170 valence electrons. The molecule has 7 nitrogen and oxygen atoms in total. The number of thioether (sulfide) groups is 1. The molecule has 3 heterocycles. The molecule has 0 fully saturated rings. The molecule has 0 saturated heterocycles. The number of methoxy groups -OCH3 is 1. The van der Waals surface area contributed by atoms with E-state index in [0.717, 1.165) is 46.5 Å². The highest BCUT2D eigenvalue weighted by Gasteiger charge is 2.28. The Morgan fingerprint density at radius 2 is 2.09 bits per heavy atom. The van der Waals surface area contributed by atoms with Gasteiger partial charge in [-0.3, -0.25) is 4.79 Å². The highest BCUT2D eigenvalue weighted by atomic mass is 32.2. The number of amides is 1. The van der Waals surface area contributed by atoms with Crippen LogP contribution in [0.15, 0.2) is 34.8 Å². The monoisotopic (exact) mass is 498 g/mol. The maximum absolute atomic E-state index is 12.8. The molecule has 1 aromatic carbocycles. The number of carbonyl (C=O) groups is 2. The molecule has 0 atom stereocenters. The molecular weight excluding hydrogens is 476 g/mol. The van der Waals surface area contributed by atoms with Crippen molar-refractivity contribution in [2.75, 3.05) is 18.2 Å². The molecule has 0 unspecified atom stereocenters. The van der Waals surface area contributed by atoms with Crippen molar-refractivity contribution in [2.24, 2.45) is 0 Å². The summed E-state index contributed by atoms with van der Waals surface area (Å²) in [5.74, 6) is 0.403. The van der Waals surface area contributed by atoms with E-state index in [1.165, 1.54) is 34.9 Å². The van der Waals surface area contributed by atoms with Gasteiger partial charge in [-0.15, -0.1) is 32.9 Å². The number of ether oxygens (including phenoxy) is 1. The van der Waals surface area contributed by atoms with Crippen molar-refractivity contribution in [3.8, 4) is 11.4 Å². The number of anilines is 1. The quantitative estimate of drug-likeness (QED) is 0.277. The fraction of sp³-hybridized carbons (Fsp3) is 0.304. The van der Waals surface area contributed by atoms with Crippen molar-refractivity contribution >= 4 is 61.4 Å². The molecule has 0 radical (unpaired) electrons. The Morgan fingerprint density at radius 1 is 1.24 bits per heavy atom. The molecular formula is C23H22N4O3S3. The molecule has 4 aromatic rings. The lowest BCUT2D eigenvalue weighted by Crippen LogP contribution is -2.16. The summed E-state index contributed by atoms with van der Waals surface area (Å²) in [6.07, 6.45) is 2.82. The Bertz CT molecular complexity index is 1350. The van der Waals surface area contributed by atoms with Crippen molar-refractivity contribution in [1.29, 1.82) is 0 Å². The van der Waals surface area contributed by atoms with E-state index in [-0.39, 0.29) is 11.7 Å². The minimum absolute atomic E-state index is 0.172. The fourth-order valence-corrected chi connectivity index (χ4v) is 7.17. The largest absolute Gasteiger partial charge is 0.465 e. The number of aryl methyl sites for hydroxylation is 1. The standard InChI is InChI=1S/C23H22N4O3S3/c1-3-27-20(15-11-31-16-9-5-4-7-13(15)16)25-26-23(27)32-12-18(28)24-21-19(22(29)30-2)14-8-6-10-17(14)33-21/h4-5,7,9,11H,3,6,8,10,12H2,1-2H3,(H,24,28). The number of rotatable bonds is 7. The average Bonchev–Trinajstić information content (AvgIpc) is 3.59. The lowest BCUT2D eigenvalue weighted by atomic mass is 10.1. The summed E-state index contributed by atoms with van der Waals surface area (Å²) < 4.78 is 8.20. The first-order valence-electron chi connectivity index (χ1n) is 10.7. The number of hydrogen-bond donors (Lipinski definition) is 1. The molecule has 5 rings (SSSR count). The van der Waals surface area contributed by atoms with Gasteiger partial charge < -0.3 is 14.6 Å². The van der Waals surface area contributed by atoms with E-state index in [1.54, 1.807) is 11.3 Å². The second kappa shape index (κ2) is 9.28. The van der Waals surface area contributed by atoms with Crippen LogP contribution in [0.3, 0.4) is 0 Å². The van der Waals surface area contributed by atoms with Crippen LogP contribution in [0.5, 0.6) is 0 Å². The molecule has 0 spiro atoms. The van der Waals surface area contributed by atoms with E-state index in [4.69, 9.17) is 4.74 Å². The number of hydrogen-bond acceptors (Lipinski definition) is 8. The summed E-state index contributed by atoms with van der Waals surface area (Å²) in [6.45, 7) is 2.74. The first-order chi connectivity index (χ1) is 16.1. The summed E-state index contributed by atoms with van der Waals surface area (Å²) in [5.41, 5.74) is 2.59. The molecule has 1 aliphatic rings. The van der Waals surface area contributed by atoms with Gasteiger partial charge in [0.1, 0.15) is 5.00 Å². The van der Waals surface area contributed by atoms with Crippen LogP contribution in [-0.4, -0.2) is 39.5 Å². The van der Waals surface area contributed by atoms with Gasteiger partial charge in [0.05, 0.1) is 18.4 Å². The smallest absolute Gasteiger partial charge is 0.341 e. The fourth-order valence-electron chi connectivity index (χ4n) is 4.13. The van der Waals surface area contributed by atoms with Gasteiger partial charge in [-0.05, 0) is 37.8 Å². The van der Waals surface area contributed by atoms with Gasteiger partial charge in [-0.25, -0.2) is 4.79 Å². The van der Waals surface area contributed by atoms with Crippen LogP contribution < -0.4 is 5.32 Å². The van der Waals surface area contributed by atoms with Crippen LogP contribution in [0.25, 0.3) is 21.5 Å². The van der Waals surface area contributed by atoms with Crippen molar-refractivity contribution in [1.82, 2.24) is 14.8 Å². The van der Waals surface area contributed by atoms with E-state index in [9.17, 15) is 9.59 Å². The SMILES string of the molecule is CCn1c(SCC(=O)Nc2sc3c(c2C(=O)OC)CCC3)nnc1-c1csc2ccccc12. The van der Waals surface area contributed by atoms with Crippen LogP contribution >= 0.6 is 34.4 Å². The average molecular weight is 499 g/mol. The van der Waals surface area contributed by atoms with E-state index >= 15 is 0 Å². The summed E-state index contributed by atoms with van der Waals surface area (Å²) in [5, 5.41) is 16.2. The molecule has 1 amide bonds. The third-order valence-corrected chi connectivity index (χ3v) is 8.79. The number of fused-ring (bicyclic) bond motifs is 2. The van der Waals surface area contributed by atoms with Crippen molar-refractivity contribution in [3.05, 3.63) is 45.6 Å². The Kier molecular flexibility index (Phi) is 6.22. The van der Waals surface area contributed by atoms with E-state index in [2.05, 4.69) is 33.0 Å². The third-order valence-electron chi connectivity index (χ3n) is 5.65. The maximum Gasteiger partial charge on any atom is 0.341 e. The number of thiophene rings is 2. The second-order valence-corrected chi connectivity index (χ2v) is 10.5. The van der Waals surface area contributed by atoms with E-state index < -0.39 is 5.97 Å². The zero-order valence-corrected chi connectivity index (χ0v) is 20.7. The molecule has 0 aliphatic heterocycles. The lowest BCUT2D eigenvalue weighted by Gasteiger charge is -2.08. The van der Waals surface area contributed by atoms with Gasteiger partial charge >= 0.3 is 5.97 Å². The summed E-state index contributed by atoms with van der Waals surface area (Å²) in [6, 6.07) is 8.24. The van der Waals surface area contributed by atoms with Gasteiger partial charge in [0.15, 0.2) is 11.0 Å². The summed E-state index contributed by atoms with van der Waals surface area (Å²) >= 11 is 4.50. The van der Waals surface area contributed by atoms with Gasteiger partial charge in [0, 0.05) is 32.5 Å². The Morgan fingerprint density at radius 3 is 2.91 bits per heavy atom. The predicted octanol–water partition coefficient (Wildman–Crippen LogP) is 5.25. The van der Waals surface area contributed by atoms with Gasteiger partial charge in [0.25, 0.3) is 0 Å². The zero-order valence-electron chi connectivity index (χ0n) is 18.2. The molecule has 1 N–H and O–H groups in total. The normalized spacial score (nSPS) is 12.8. The first kappa shape index (κ1) is 22.1. The number of nitrogens with zero attached hydrogens (tertiary/aromatic N) is 3. The predicted molar refractivity (Wildman–Crippen MR) is 134 cm³/mol. The first-order valence-corrected chi connectivity index (χ1v) is 13.3. The highest BCUT2D eigenvalue weighted by Crippen LogP contribution is 2.40. The van der Waals surface area contributed by atoms with Crippen LogP contribution in [0.1, 0.15) is 34.1 Å². The van der Waals surface area contributed by atoms with Crippen LogP contribution in [-0.2, 0) is 28.9 Å². The van der Waals surface area contributed by atoms with Crippen LogP contribution in [0, 0.1) is 0 Å². The Labute approximate surface area is 203 Å². The van der Waals surface area contributed by atoms with Gasteiger partial charge in [-0.1, -0.05) is 30.0 Å². The minimum atomic E-state index is -0.393. The van der Waals surface area contributed by atoms with E-state index in [1.807, 2.05) is 23.6 Å². The van der Waals surface area contributed by atoms with Crippen LogP contribution in [0.2, 0.25) is 0 Å². The minimum Gasteiger partial charge on any atom is -0.465 e. The Hall–Kier alpha value is -2.69. The third kappa shape index (κ3) is 4.07. The van der Waals surface area contributed by atoms with Crippen molar-refractivity contribution in [2.45, 2.75) is 37.9 Å². The molecule has 1 aliphatic carbocycles. The lowest BCUT2D eigenvalue weighted by molar-refractivity contribution is -0.113.